The smallest absolute Gasteiger partial charge is 0.321 e. The summed E-state index contributed by atoms with van der Waals surface area (Å²) in [5, 5.41) is 19.0. The van der Waals surface area contributed by atoms with Gasteiger partial charge in [-0.15, -0.1) is 0 Å². The Kier molecular flexibility index (Phi) is 6.60. The van der Waals surface area contributed by atoms with Crippen molar-refractivity contribution in [3.63, 3.8) is 0 Å². The molecule has 0 radical (unpaired) electrons. The summed E-state index contributed by atoms with van der Waals surface area (Å²) >= 11 is 0. The van der Waals surface area contributed by atoms with Crippen LogP contribution >= 0.6 is 0 Å². The van der Waals surface area contributed by atoms with Crippen LogP contribution in [0.25, 0.3) is 0 Å². The average Bonchev–Trinajstić information content (AvgIpc) is 2.42. The first-order valence-corrected chi connectivity index (χ1v) is 8.27. The van der Waals surface area contributed by atoms with Crippen LogP contribution in [-0.4, -0.2) is 51.3 Å². The third-order valence-electron chi connectivity index (χ3n) is 4.07. The first-order chi connectivity index (χ1) is 11.3. The van der Waals surface area contributed by atoms with Crippen molar-refractivity contribution in [3.8, 4) is 5.75 Å². The van der Waals surface area contributed by atoms with Crippen LogP contribution in [-0.2, 0) is 20.7 Å². The number of carbonyl (C=O) groups excluding carboxylic acids is 1. The summed E-state index contributed by atoms with van der Waals surface area (Å²) < 4.78 is 5.35. The summed E-state index contributed by atoms with van der Waals surface area (Å²) in [6.07, 6.45) is 0.351. The molecule has 0 aliphatic carbocycles. The molecule has 1 rings (SSSR count). The van der Waals surface area contributed by atoms with Crippen molar-refractivity contribution in [1.29, 1.82) is 0 Å². The van der Waals surface area contributed by atoms with Gasteiger partial charge in [-0.25, -0.2) is 0 Å². The topological polar surface area (TPSA) is 87.1 Å². The van der Waals surface area contributed by atoms with Gasteiger partial charge in [0.05, 0.1) is 6.42 Å². The number of phenols is 1. The molecule has 2 N–H and O–H groups in total. The molecule has 0 heterocycles. The van der Waals surface area contributed by atoms with Gasteiger partial charge < -0.3 is 14.9 Å². The summed E-state index contributed by atoms with van der Waals surface area (Å²) in [4.78, 5) is 25.6. The normalized spacial score (nSPS) is 13.6. The van der Waals surface area contributed by atoms with Gasteiger partial charge in [-0.3, -0.25) is 14.5 Å². The SMILES string of the molecule is CN([C@@H](Cc1ccc(O)cc1)C(=O)O)C(C)(C)CC(=O)OC(C)(C)C. The van der Waals surface area contributed by atoms with Crippen LogP contribution in [0, 0.1) is 0 Å². The first kappa shape index (κ1) is 21.0. The molecule has 1 aromatic carbocycles. The van der Waals surface area contributed by atoms with Crippen molar-refractivity contribution in [1.82, 2.24) is 4.90 Å². The van der Waals surface area contributed by atoms with E-state index < -0.39 is 23.2 Å². The highest BCUT2D eigenvalue weighted by molar-refractivity contribution is 5.75. The van der Waals surface area contributed by atoms with Crippen molar-refractivity contribution in [3.05, 3.63) is 29.8 Å². The lowest BCUT2D eigenvalue weighted by molar-refractivity contribution is -0.160. The van der Waals surface area contributed by atoms with Crippen molar-refractivity contribution in [2.75, 3.05) is 7.05 Å². The molecule has 0 aliphatic heterocycles. The van der Waals surface area contributed by atoms with E-state index in [-0.39, 0.29) is 24.6 Å². The fourth-order valence-electron chi connectivity index (χ4n) is 2.52. The minimum Gasteiger partial charge on any atom is -0.508 e. The fraction of sp³-hybridized carbons (Fsp3) is 0.579. The number of nitrogens with zero attached hydrogens (tertiary/aromatic N) is 1. The molecule has 0 aromatic heterocycles. The van der Waals surface area contributed by atoms with Crippen LogP contribution in [0.1, 0.15) is 46.6 Å². The second-order valence-corrected chi connectivity index (χ2v) is 7.91. The maximum Gasteiger partial charge on any atom is 0.321 e. The molecule has 0 amide bonds. The van der Waals surface area contributed by atoms with Gasteiger partial charge >= 0.3 is 11.9 Å². The highest BCUT2D eigenvalue weighted by Crippen LogP contribution is 2.24. The standard InChI is InChI=1S/C19H29NO5/c1-18(2,3)25-16(22)12-19(4,5)20(6)15(17(23)24)11-13-7-9-14(21)10-8-13/h7-10,15,21H,11-12H2,1-6H3,(H,23,24)/t15-/m0/s1. The van der Waals surface area contributed by atoms with Crippen molar-refractivity contribution in [2.24, 2.45) is 0 Å². The lowest BCUT2D eigenvalue weighted by Crippen LogP contribution is -2.53. The minimum atomic E-state index is -0.965. The van der Waals surface area contributed by atoms with E-state index in [2.05, 4.69) is 0 Å². The number of likely N-dealkylation sites (N-methyl/N-ethyl adjacent to an activating group) is 1. The average molecular weight is 351 g/mol. The van der Waals surface area contributed by atoms with E-state index in [1.54, 1.807) is 44.9 Å². The van der Waals surface area contributed by atoms with Crippen LogP contribution in [0.15, 0.2) is 24.3 Å². The molecular weight excluding hydrogens is 322 g/mol. The molecule has 1 aromatic rings. The molecule has 6 nitrogen and oxygen atoms in total. The Morgan fingerprint density at radius 1 is 1.12 bits per heavy atom. The number of ether oxygens (including phenoxy) is 1. The predicted molar refractivity (Wildman–Crippen MR) is 95.5 cm³/mol. The number of carboxylic acids is 1. The van der Waals surface area contributed by atoms with E-state index in [1.165, 1.54) is 12.1 Å². The number of hydrogen-bond acceptors (Lipinski definition) is 5. The lowest BCUT2D eigenvalue weighted by atomic mass is 9.94. The van der Waals surface area contributed by atoms with Crippen molar-refractivity contribution < 1.29 is 24.5 Å². The van der Waals surface area contributed by atoms with Crippen LogP contribution in [0.4, 0.5) is 0 Å². The van der Waals surface area contributed by atoms with Gasteiger partial charge in [0.1, 0.15) is 17.4 Å². The number of carboxylic acid groups (broad SMARTS) is 1. The summed E-state index contributed by atoms with van der Waals surface area (Å²) in [6, 6.07) is 5.64. The Bertz CT molecular complexity index is 601. The zero-order valence-electron chi connectivity index (χ0n) is 15.9. The highest BCUT2D eigenvalue weighted by atomic mass is 16.6. The largest absolute Gasteiger partial charge is 0.508 e. The van der Waals surface area contributed by atoms with Crippen molar-refractivity contribution >= 4 is 11.9 Å². The minimum absolute atomic E-state index is 0.0835. The molecule has 0 bridgehead atoms. The number of carbonyl (C=O) groups is 2. The molecule has 25 heavy (non-hydrogen) atoms. The van der Waals surface area contributed by atoms with E-state index in [0.29, 0.717) is 0 Å². The number of aliphatic carboxylic acids is 1. The lowest BCUT2D eigenvalue weighted by Gasteiger charge is -2.39. The van der Waals surface area contributed by atoms with Gasteiger partial charge in [0.15, 0.2) is 0 Å². The van der Waals surface area contributed by atoms with Crippen LogP contribution in [0.5, 0.6) is 5.75 Å². The highest BCUT2D eigenvalue weighted by Gasteiger charge is 2.36. The zero-order chi connectivity index (χ0) is 19.4. The quantitative estimate of drug-likeness (QED) is 0.735. The second-order valence-electron chi connectivity index (χ2n) is 7.91. The number of benzene rings is 1. The molecule has 6 heteroatoms. The van der Waals surface area contributed by atoms with Crippen molar-refractivity contribution in [2.45, 2.75) is 64.6 Å². The van der Waals surface area contributed by atoms with Gasteiger partial charge in [0.2, 0.25) is 0 Å². The molecule has 0 unspecified atom stereocenters. The predicted octanol–water partition coefficient (Wildman–Crippen LogP) is 2.83. The molecule has 140 valence electrons. The van der Waals surface area contributed by atoms with Gasteiger partial charge in [-0.1, -0.05) is 12.1 Å². The Hall–Kier alpha value is -2.08. The van der Waals surface area contributed by atoms with Crippen LogP contribution < -0.4 is 0 Å². The zero-order valence-corrected chi connectivity index (χ0v) is 15.9. The third kappa shape index (κ3) is 6.74. The molecular formula is C19H29NO5. The third-order valence-corrected chi connectivity index (χ3v) is 4.07. The second kappa shape index (κ2) is 7.87. The Morgan fingerprint density at radius 2 is 1.64 bits per heavy atom. The summed E-state index contributed by atoms with van der Waals surface area (Å²) in [5.74, 6) is -1.19. The van der Waals surface area contributed by atoms with E-state index >= 15 is 0 Å². The van der Waals surface area contributed by atoms with Gasteiger partial charge in [-0.2, -0.15) is 0 Å². The Balaban J connectivity index is 2.89. The van der Waals surface area contributed by atoms with Crippen LogP contribution in [0.3, 0.4) is 0 Å². The molecule has 1 atom stereocenters. The summed E-state index contributed by atoms with van der Waals surface area (Å²) in [5.41, 5.74) is -0.475. The molecule has 0 spiro atoms. The number of hydrogen-bond donors (Lipinski definition) is 2. The van der Waals surface area contributed by atoms with Crippen LogP contribution in [0.2, 0.25) is 0 Å². The Labute approximate surface area is 149 Å². The number of phenolic OH excluding ortho intramolecular Hbond substituents is 1. The monoisotopic (exact) mass is 351 g/mol. The number of aromatic hydroxyl groups is 1. The number of esters is 1. The molecule has 0 saturated heterocycles. The van der Waals surface area contributed by atoms with E-state index in [1.807, 2.05) is 13.8 Å². The van der Waals surface area contributed by atoms with Gasteiger partial charge in [0.25, 0.3) is 0 Å². The molecule has 0 saturated carbocycles. The fourth-order valence-corrected chi connectivity index (χ4v) is 2.52. The molecule has 0 fully saturated rings. The van der Waals surface area contributed by atoms with E-state index in [4.69, 9.17) is 4.74 Å². The molecule has 0 aliphatic rings. The van der Waals surface area contributed by atoms with Gasteiger partial charge in [-0.05, 0) is 65.8 Å². The summed E-state index contributed by atoms with van der Waals surface area (Å²) in [7, 11) is 1.70. The summed E-state index contributed by atoms with van der Waals surface area (Å²) in [6.45, 7) is 9.04. The first-order valence-electron chi connectivity index (χ1n) is 8.27. The maximum atomic E-state index is 12.1. The van der Waals surface area contributed by atoms with E-state index in [0.717, 1.165) is 5.56 Å². The number of rotatable bonds is 7. The van der Waals surface area contributed by atoms with E-state index in [9.17, 15) is 19.8 Å². The van der Waals surface area contributed by atoms with Gasteiger partial charge in [0, 0.05) is 5.54 Å². The Morgan fingerprint density at radius 3 is 2.08 bits per heavy atom. The maximum absolute atomic E-state index is 12.1.